The monoisotopic (exact) mass is 353 g/mol. The molecule has 1 unspecified atom stereocenters. The first-order valence-corrected chi connectivity index (χ1v) is 7.46. The summed E-state index contributed by atoms with van der Waals surface area (Å²) in [6, 6.07) is 9.61. The molecule has 2 N–H and O–H groups in total. The van der Waals surface area contributed by atoms with Gasteiger partial charge in [-0.1, -0.05) is 23.7 Å². The van der Waals surface area contributed by atoms with Crippen LogP contribution in [0.1, 0.15) is 28.3 Å². The molecule has 0 aliphatic heterocycles. The molecule has 0 fully saturated rings. The van der Waals surface area contributed by atoms with Crippen LogP contribution in [0.15, 0.2) is 34.8 Å². The molecule has 0 heterocycles. The maximum absolute atomic E-state index is 6.42. The zero-order valence-corrected chi connectivity index (χ0v) is 14.0. The number of ether oxygens (including phenoxy) is 1. The lowest BCUT2D eigenvalue weighted by Crippen LogP contribution is -2.15. The average Bonchev–Trinajstić information content (AvgIpc) is 2.40. The molecular formula is C16H17BrClNO. The Labute approximate surface area is 133 Å². The van der Waals surface area contributed by atoms with Gasteiger partial charge in [-0.05, 0) is 64.7 Å². The first-order valence-electron chi connectivity index (χ1n) is 6.29. The first-order chi connectivity index (χ1) is 9.43. The van der Waals surface area contributed by atoms with Gasteiger partial charge in [-0.3, -0.25) is 0 Å². The SMILES string of the molecule is COc1cc(C)cc(C)c1C(N)c1ccc(Cl)c(Br)c1. The highest BCUT2D eigenvalue weighted by molar-refractivity contribution is 9.10. The summed E-state index contributed by atoms with van der Waals surface area (Å²) in [6.45, 7) is 4.10. The molecule has 0 amide bonds. The summed E-state index contributed by atoms with van der Waals surface area (Å²) >= 11 is 9.46. The number of methoxy groups -OCH3 is 1. The maximum Gasteiger partial charge on any atom is 0.124 e. The van der Waals surface area contributed by atoms with Gasteiger partial charge in [0.15, 0.2) is 0 Å². The molecule has 0 radical (unpaired) electrons. The Morgan fingerprint density at radius 1 is 1.20 bits per heavy atom. The van der Waals surface area contributed by atoms with Crippen molar-refractivity contribution < 1.29 is 4.74 Å². The second-order valence-corrected chi connectivity index (χ2v) is 6.11. The van der Waals surface area contributed by atoms with E-state index in [0.29, 0.717) is 5.02 Å². The predicted molar refractivity (Wildman–Crippen MR) is 87.7 cm³/mol. The van der Waals surface area contributed by atoms with Gasteiger partial charge in [0, 0.05) is 10.0 Å². The fourth-order valence-corrected chi connectivity index (χ4v) is 2.89. The molecule has 0 aliphatic carbocycles. The summed E-state index contributed by atoms with van der Waals surface area (Å²) in [7, 11) is 1.67. The van der Waals surface area contributed by atoms with E-state index in [-0.39, 0.29) is 6.04 Å². The van der Waals surface area contributed by atoms with Crippen molar-refractivity contribution in [3.63, 3.8) is 0 Å². The van der Waals surface area contributed by atoms with Crippen molar-refractivity contribution in [1.29, 1.82) is 0 Å². The van der Waals surface area contributed by atoms with Crippen molar-refractivity contribution in [1.82, 2.24) is 0 Å². The van der Waals surface area contributed by atoms with E-state index in [0.717, 1.165) is 32.5 Å². The molecule has 106 valence electrons. The molecule has 4 heteroatoms. The molecule has 0 aliphatic rings. The van der Waals surface area contributed by atoms with Crippen molar-refractivity contribution in [3.05, 3.63) is 62.1 Å². The fourth-order valence-electron chi connectivity index (χ4n) is 2.38. The van der Waals surface area contributed by atoms with Crippen LogP contribution in [0.5, 0.6) is 5.75 Å². The van der Waals surface area contributed by atoms with E-state index in [1.807, 2.05) is 31.2 Å². The zero-order valence-electron chi connectivity index (χ0n) is 11.7. The molecule has 2 aromatic carbocycles. The summed E-state index contributed by atoms with van der Waals surface area (Å²) in [5.41, 5.74) is 10.7. The number of halogens is 2. The van der Waals surface area contributed by atoms with Gasteiger partial charge in [0.2, 0.25) is 0 Å². The standard InChI is InChI=1S/C16H17BrClNO/c1-9-6-10(2)15(14(7-9)20-3)16(19)11-4-5-13(18)12(17)8-11/h4-8,16H,19H2,1-3H3. The Hall–Kier alpha value is -1.03. The highest BCUT2D eigenvalue weighted by atomic mass is 79.9. The minimum atomic E-state index is -0.251. The topological polar surface area (TPSA) is 35.2 Å². The van der Waals surface area contributed by atoms with Crippen LogP contribution in [0.4, 0.5) is 0 Å². The molecule has 1 atom stereocenters. The summed E-state index contributed by atoms with van der Waals surface area (Å²) < 4.78 is 6.33. The maximum atomic E-state index is 6.42. The van der Waals surface area contributed by atoms with Crippen molar-refractivity contribution in [2.24, 2.45) is 5.73 Å². The highest BCUT2D eigenvalue weighted by Gasteiger charge is 2.18. The van der Waals surface area contributed by atoms with E-state index in [1.165, 1.54) is 0 Å². The Morgan fingerprint density at radius 2 is 1.90 bits per heavy atom. The fraction of sp³-hybridized carbons (Fsp3) is 0.250. The van der Waals surface area contributed by atoms with Crippen molar-refractivity contribution >= 4 is 27.5 Å². The largest absolute Gasteiger partial charge is 0.496 e. The van der Waals surface area contributed by atoms with Gasteiger partial charge < -0.3 is 10.5 Å². The van der Waals surface area contributed by atoms with Crippen LogP contribution in [0.2, 0.25) is 5.02 Å². The molecular weight excluding hydrogens is 338 g/mol. The summed E-state index contributed by atoms with van der Waals surface area (Å²) in [4.78, 5) is 0. The number of hydrogen-bond donors (Lipinski definition) is 1. The number of benzene rings is 2. The minimum absolute atomic E-state index is 0.251. The Balaban J connectivity index is 2.52. The van der Waals surface area contributed by atoms with Gasteiger partial charge in [-0.25, -0.2) is 0 Å². The number of hydrogen-bond acceptors (Lipinski definition) is 2. The van der Waals surface area contributed by atoms with Crippen LogP contribution in [0.3, 0.4) is 0 Å². The Kier molecular flexibility index (Phi) is 4.74. The van der Waals surface area contributed by atoms with Crippen LogP contribution in [0, 0.1) is 13.8 Å². The molecule has 20 heavy (non-hydrogen) atoms. The van der Waals surface area contributed by atoms with Gasteiger partial charge in [-0.2, -0.15) is 0 Å². The molecule has 2 aromatic rings. The van der Waals surface area contributed by atoms with Crippen LogP contribution >= 0.6 is 27.5 Å². The summed E-state index contributed by atoms with van der Waals surface area (Å²) in [5, 5.41) is 0.675. The third kappa shape index (κ3) is 3.00. The zero-order chi connectivity index (χ0) is 14.9. The van der Waals surface area contributed by atoms with Gasteiger partial charge in [-0.15, -0.1) is 0 Å². The molecule has 0 bridgehead atoms. The van der Waals surface area contributed by atoms with Crippen LogP contribution in [0.25, 0.3) is 0 Å². The molecule has 0 aromatic heterocycles. The normalized spacial score (nSPS) is 12.3. The lowest BCUT2D eigenvalue weighted by Gasteiger charge is -2.20. The predicted octanol–water partition coefficient (Wildman–Crippen LogP) is 4.78. The lowest BCUT2D eigenvalue weighted by atomic mass is 9.93. The van der Waals surface area contributed by atoms with Crippen LogP contribution < -0.4 is 10.5 Å². The van der Waals surface area contributed by atoms with Crippen molar-refractivity contribution in [2.75, 3.05) is 7.11 Å². The van der Waals surface area contributed by atoms with E-state index < -0.39 is 0 Å². The van der Waals surface area contributed by atoms with Gasteiger partial charge >= 0.3 is 0 Å². The van der Waals surface area contributed by atoms with Crippen LogP contribution in [-0.4, -0.2) is 7.11 Å². The molecule has 0 saturated carbocycles. The van der Waals surface area contributed by atoms with E-state index in [4.69, 9.17) is 22.1 Å². The van der Waals surface area contributed by atoms with Gasteiger partial charge in [0.05, 0.1) is 18.2 Å². The summed E-state index contributed by atoms with van der Waals surface area (Å²) in [6.07, 6.45) is 0. The van der Waals surface area contributed by atoms with Crippen molar-refractivity contribution in [3.8, 4) is 5.75 Å². The van der Waals surface area contributed by atoms with E-state index in [2.05, 4.69) is 28.9 Å². The van der Waals surface area contributed by atoms with E-state index >= 15 is 0 Å². The third-order valence-electron chi connectivity index (χ3n) is 3.33. The quantitative estimate of drug-likeness (QED) is 0.861. The van der Waals surface area contributed by atoms with Gasteiger partial charge in [0.25, 0.3) is 0 Å². The summed E-state index contributed by atoms with van der Waals surface area (Å²) in [5.74, 6) is 0.820. The van der Waals surface area contributed by atoms with Crippen molar-refractivity contribution in [2.45, 2.75) is 19.9 Å². The Bertz CT molecular complexity index is 643. The Morgan fingerprint density at radius 3 is 2.50 bits per heavy atom. The number of rotatable bonds is 3. The molecule has 2 nitrogen and oxygen atoms in total. The van der Waals surface area contributed by atoms with Gasteiger partial charge in [0.1, 0.15) is 5.75 Å². The smallest absolute Gasteiger partial charge is 0.124 e. The minimum Gasteiger partial charge on any atom is -0.496 e. The molecule has 0 saturated heterocycles. The molecule has 0 spiro atoms. The van der Waals surface area contributed by atoms with E-state index in [9.17, 15) is 0 Å². The third-order valence-corrected chi connectivity index (χ3v) is 4.54. The lowest BCUT2D eigenvalue weighted by molar-refractivity contribution is 0.407. The second-order valence-electron chi connectivity index (χ2n) is 4.85. The first kappa shape index (κ1) is 15.4. The highest BCUT2D eigenvalue weighted by Crippen LogP contribution is 2.34. The number of aryl methyl sites for hydroxylation is 2. The second kappa shape index (κ2) is 6.17. The van der Waals surface area contributed by atoms with E-state index in [1.54, 1.807) is 7.11 Å². The van der Waals surface area contributed by atoms with Crippen LogP contribution in [-0.2, 0) is 0 Å². The number of nitrogens with two attached hydrogens (primary N) is 1. The average molecular weight is 355 g/mol. The molecule has 2 rings (SSSR count).